The van der Waals surface area contributed by atoms with Crippen LogP contribution in [0.4, 0.5) is 0 Å². The molecule has 6 nitrogen and oxygen atoms in total. The summed E-state index contributed by atoms with van der Waals surface area (Å²) < 4.78 is 2.07. The lowest BCUT2D eigenvalue weighted by Gasteiger charge is -2.22. The Morgan fingerprint density at radius 2 is 1.96 bits per heavy atom. The van der Waals surface area contributed by atoms with Gasteiger partial charge in [0.1, 0.15) is 0 Å². The number of piperidine rings is 2. The van der Waals surface area contributed by atoms with Gasteiger partial charge >= 0.3 is 0 Å². The summed E-state index contributed by atoms with van der Waals surface area (Å²) in [6, 6.07) is 6.43. The van der Waals surface area contributed by atoms with Crippen molar-refractivity contribution in [3.63, 3.8) is 0 Å². The van der Waals surface area contributed by atoms with Crippen molar-refractivity contribution in [2.24, 2.45) is 0 Å². The van der Waals surface area contributed by atoms with Gasteiger partial charge in [0.15, 0.2) is 0 Å². The molecule has 2 N–H and O–H groups in total. The third kappa shape index (κ3) is 2.74. The quantitative estimate of drug-likeness (QED) is 0.824. The highest BCUT2D eigenvalue weighted by molar-refractivity contribution is 6.01. The fraction of sp³-hybridized carbons (Fsp3) is 0.471. The second-order valence-electron chi connectivity index (χ2n) is 6.41. The molecule has 3 heterocycles. The molecule has 0 aliphatic carbocycles. The number of nitrogens with one attached hydrogen (secondary N) is 2. The molecule has 2 amide bonds. The molecule has 2 saturated heterocycles. The van der Waals surface area contributed by atoms with Crippen LogP contribution in [-0.2, 0) is 9.59 Å². The van der Waals surface area contributed by atoms with Crippen molar-refractivity contribution in [2.45, 2.75) is 37.6 Å². The Morgan fingerprint density at radius 3 is 2.74 bits per heavy atom. The molecule has 120 valence electrons. The van der Waals surface area contributed by atoms with E-state index in [0.717, 1.165) is 42.4 Å². The topological polar surface area (TPSA) is 76.0 Å². The van der Waals surface area contributed by atoms with Gasteiger partial charge in [-0.2, -0.15) is 5.10 Å². The summed E-state index contributed by atoms with van der Waals surface area (Å²) in [7, 11) is 0. The number of rotatable bonds is 2. The van der Waals surface area contributed by atoms with Gasteiger partial charge in [-0.3, -0.25) is 19.6 Å². The van der Waals surface area contributed by atoms with Crippen LogP contribution < -0.4 is 10.6 Å². The molecule has 1 atom stereocenters. The number of carbonyl (C=O) groups excluding carboxylic acids is 2. The number of benzene rings is 1. The largest absolute Gasteiger partial charge is 0.317 e. The average Bonchev–Trinajstić information content (AvgIpc) is 2.99. The van der Waals surface area contributed by atoms with E-state index < -0.39 is 0 Å². The first-order valence-electron chi connectivity index (χ1n) is 8.24. The second-order valence-corrected chi connectivity index (χ2v) is 6.41. The van der Waals surface area contributed by atoms with Crippen molar-refractivity contribution in [1.29, 1.82) is 0 Å². The van der Waals surface area contributed by atoms with Crippen LogP contribution in [0.15, 0.2) is 24.4 Å². The predicted octanol–water partition coefficient (Wildman–Crippen LogP) is 1.48. The van der Waals surface area contributed by atoms with Crippen molar-refractivity contribution in [2.75, 3.05) is 13.1 Å². The van der Waals surface area contributed by atoms with Crippen molar-refractivity contribution in [3.8, 4) is 0 Å². The van der Waals surface area contributed by atoms with E-state index in [1.54, 1.807) is 0 Å². The first-order valence-corrected chi connectivity index (χ1v) is 8.24. The Bertz CT molecular complexity index is 761. The SMILES string of the molecule is O=C1CCC(c2ccc3nn(C4CCNCC4)cc3c2)C(=O)N1. The zero-order chi connectivity index (χ0) is 15.8. The molecule has 2 fully saturated rings. The second kappa shape index (κ2) is 5.77. The monoisotopic (exact) mass is 312 g/mol. The van der Waals surface area contributed by atoms with Crippen LogP contribution in [0, 0.1) is 0 Å². The Kier molecular flexibility index (Phi) is 3.61. The molecular formula is C17H20N4O2. The van der Waals surface area contributed by atoms with Gasteiger partial charge in [-0.1, -0.05) is 6.07 Å². The van der Waals surface area contributed by atoms with Crippen molar-refractivity contribution in [1.82, 2.24) is 20.4 Å². The molecule has 0 saturated carbocycles. The van der Waals surface area contributed by atoms with Gasteiger partial charge in [-0.05, 0) is 50.0 Å². The fourth-order valence-electron chi connectivity index (χ4n) is 3.55. The molecule has 6 heteroatoms. The lowest BCUT2D eigenvalue weighted by atomic mass is 9.90. The molecule has 2 aliphatic rings. The summed E-state index contributed by atoms with van der Waals surface area (Å²) in [5, 5.41) is 11.5. The Labute approximate surface area is 134 Å². The standard InChI is InChI=1S/C17H20N4O2/c22-16-4-2-14(17(23)19-16)11-1-3-15-12(9-11)10-21(20-15)13-5-7-18-8-6-13/h1,3,9-10,13-14,18H,2,4-8H2,(H,19,22,23). The zero-order valence-electron chi connectivity index (χ0n) is 12.9. The Morgan fingerprint density at radius 1 is 1.13 bits per heavy atom. The highest BCUT2D eigenvalue weighted by Gasteiger charge is 2.28. The third-order valence-corrected chi connectivity index (χ3v) is 4.87. The van der Waals surface area contributed by atoms with Crippen LogP contribution in [0.1, 0.15) is 43.2 Å². The normalized spacial score (nSPS) is 23.2. The first-order chi connectivity index (χ1) is 11.2. The minimum Gasteiger partial charge on any atom is -0.317 e. The van der Waals surface area contributed by atoms with Crippen molar-refractivity contribution >= 4 is 22.7 Å². The van der Waals surface area contributed by atoms with Crippen LogP contribution in [0.5, 0.6) is 0 Å². The van der Waals surface area contributed by atoms with E-state index in [0.29, 0.717) is 18.9 Å². The summed E-state index contributed by atoms with van der Waals surface area (Å²) in [6.07, 6.45) is 5.25. The molecule has 0 radical (unpaired) electrons. The lowest BCUT2D eigenvalue weighted by molar-refractivity contribution is -0.134. The number of aromatic nitrogens is 2. The van der Waals surface area contributed by atoms with Gasteiger partial charge in [0.25, 0.3) is 0 Å². The highest BCUT2D eigenvalue weighted by atomic mass is 16.2. The van der Waals surface area contributed by atoms with Gasteiger partial charge in [-0.25, -0.2) is 0 Å². The third-order valence-electron chi connectivity index (χ3n) is 4.87. The van der Waals surface area contributed by atoms with Crippen molar-refractivity contribution < 1.29 is 9.59 Å². The molecule has 1 aromatic heterocycles. The molecule has 4 rings (SSSR count). The molecule has 2 aromatic rings. The molecule has 0 spiro atoms. The Hall–Kier alpha value is -2.21. The molecule has 2 aliphatic heterocycles. The molecule has 0 bridgehead atoms. The van der Waals surface area contributed by atoms with Gasteiger partial charge in [0.2, 0.25) is 11.8 Å². The van der Waals surface area contributed by atoms with Crippen LogP contribution in [0.25, 0.3) is 10.9 Å². The minimum atomic E-state index is -0.237. The maximum atomic E-state index is 12.0. The van der Waals surface area contributed by atoms with E-state index in [2.05, 4.69) is 26.6 Å². The summed E-state index contributed by atoms with van der Waals surface area (Å²) >= 11 is 0. The van der Waals surface area contributed by atoms with Crippen LogP contribution in [-0.4, -0.2) is 34.7 Å². The van der Waals surface area contributed by atoms with Crippen LogP contribution in [0.3, 0.4) is 0 Å². The average molecular weight is 312 g/mol. The number of hydrogen-bond donors (Lipinski definition) is 2. The number of carbonyl (C=O) groups is 2. The zero-order valence-corrected chi connectivity index (χ0v) is 12.9. The molecule has 23 heavy (non-hydrogen) atoms. The smallest absolute Gasteiger partial charge is 0.234 e. The molecule has 1 unspecified atom stereocenters. The highest BCUT2D eigenvalue weighted by Crippen LogP contribution is 2.28. The van der Waals surface area contributed by atoms with E-state index >= 15 is 0 Å². The maximum Gasteiger partial charge on any atom is 0.234 e. The molecule has 1 aromatic carbocycles. The number of amides is 2. The maximum absolute atomic E-state index is 12.0. The van der Waals surface area contributed by atoms with E-state index in [-0.39, 0.29) is 17.7 Å². The first kappa shape index (κ1) is 14.4. The van der Waals surface area contributed by atoms with Gasteiger partial charge in [-0.15, -0.1) is 0 Å². The van der Waals surface area contributed by atoms with Crippen molar-refractivity contribution in [3.05, 3.63) is 30.0 Å². The number of hydrogen-bond acceptors (Lipinski definition) is 4. The minimum absolute atomic E-state index is 0.175. The summed E-state index contributed by atoms with van der Waals surface area (Å²) in [5.74, 6) is -0.600. The van der Waals surface area contributed by atoms with E-state index in [1.165, 1.54) is 0 Å². The van der Waals surface area contributed by atoms with Gasteiger partial charge in [0, 0.05) is 18.0 Å². The van der Waals surface area contributed by atoms with E-state index in [1.807, 2.05) is 18.2 Å². The summed E-state index contributed by atoms with van der Waals surface area (Å²) in [4.78, 5) is 23.3. The van der Waals surface area contributed by atoms with Crippen LogP contribution in [0.2, 0.25) is 0 Å². The number of imide groups is 1. The van der Waals surface area contributed by atoms with Gasteiger partial charge < -0.3 is 5.32 Å². The van der Waals surface area contributed by atoms with Crippen LogP contribution >= 0.6 is 0 Å². The van der Waals surface area contributed by atoms with Gasteiger partial charge in [0.05, 0.1) is 17.5 Å². The predicted molar refractivity (Wildman–Crippen MR) is 86.0 cm³/mol. The van der Waals surface area contributed by atoms with E-state index in [4.69, 9.17) is 0 Å². The fourth-order valence-corrected chi connectivity index (χ4v) is 3.55. The lowest BCUT2D eigenvalue weighted by Crippen LogP contribution is -2.39. The summed E-state index contributed by atoms with van der Waals surface area (Å²) in [5.41, 5.74) is 1.92. The van der Waals surface area contributed by atoms with E-state index in [9.17, 15) is 9.59 Å². The number of fused-ring (bicyclic) bond motifs is 1. The Balaban J connectivity index is 1.62. The molecular weight excluding hydrogens is 292 g/mol. The summed E-state index contributed by atoms with van der Waals surface area (Å²) in [6.45, 7) is 2.06. The number of nitrogens with zero attached hydrogens (tertiary/aromatic N) is 2.